The normalized spacial score (nSPS) is 13.6. The van der Waals surface area contributed by atoms with Crippen molar-refractivity contribution in [3.05, 3.63) is 0 Å². The van der Waals surface area contributed by atoms with Crippen LogP contribution in [0.4, 0.5) is 0 Å². The third-order valence-corrected chi connectivity index (χ3v) is 3.35. The lowest BCUT2D eigenvalue weighted by Crippen LogP contribution is -2.05. The molecular weight excluding hydrogens is 102 g/mol. The number of nitrogens with zero attached hydrogens (tertiary/aromatic N) is 1. The van der Waals surface area contributed by atoms with Gasteiger partial charge in [0.15, 0.2) is 0 Å². The van der Waals surface area contributed by atoms with E-state index < -0.39 is 8.80 Å². The average molecular weight is 113 g/mol. The van der Waals surface area contributed by atoms with Gasteiger partial charge >= 0.3 is 0 Å². The Hall–Kier alpha value is -0.293. The second-order valence-corrected chi connectivity index (χ2v) is 5.65. The van der Waals surface area contributed by atoms with E-state index in [-0.39, 0.29) is 0 Å². The van der Waals surface area contributed by atoms with E-state index in [2.05, 4.69) is 19.2 Å². The van der Waals surface area contributed by atoms with Crippen LogP contribution in [0.25, 0.3) is 0 Å². The van der Waals surface area contributed by atoms with Gasteiger partial charge in [-0.15, -0.1) is 0 Å². The van der Waals surface area contributed by atoms with Crippen molar-refractivity contribution in [2.24, 2.45) is 0 Å². The molecule has 2 heteroatoms. The minimum absolute atomic E-state index is 0.347. The molecule has 40 valence electrons. The van der Waals surface area contributed by atoms with Gasteiger partial charge in [-0.25, -0.2) is 0 Å². The largest absolute Gasteiger partial charge is 0.198 e. The second kappa shape index (κ2) is 2.81. The summed E-state index contributed by atoms with van der Waals surface area (Å²) in [6, 6.07) is 2.23. The smallest absolute Gasteiger partial charge is 0.0617 e. The third-order valence-electron chi connectivity index (χ3n) is 1.20. The van der Waals surface area contributed by atoms with Crippen molar-refractivity contribution in [1.82, 2.24) is 0 Å². The van der Waals surface area contributed by atoms with Crippen molar-refractivity contribution in [1.29, 1.82) is 5.26 Å². The number of hydrogen-bond acceptors (Lipinski definition) is 1. The molecule has 0 bridgehead atoms. The molecule has 0 N–H and O–H groups in total. The maximum absolute atomic E-state index is 8.29. The first-order valence-electron chi connectivity index (χ1n) is 2.58. The SMILES string of the molecule is CC(C#N)[SiH](C)C. The molecule has 0 aromatic carbocycles. The van der Waals surface area contributed by atoms with Gasteiger partial charge in [-0.3, -0.25) is 0 Å². The van der Waals surface area contributed by atoms with Gasteiger partial charge in [0.25, 0.3) is 0 Å². The topological polar surface area (TPSA) is 23.8 Å². The predicted octanol–water partition coefficient (Wildman–Crippen LogP) is 1.39. The van der Waals surface area contributed by atoms with Crippen molar-refractivity contribution in [3.63, 3.8) is 0 Å². The standard InChI is InChI=1S/C5H11NSi/c1-5(4-6)7(2)3/h5,7H,1-3H3. The molecule has 1 unspecified atom stereocenters. The summed E-state index contributed by atoms with van der Waals surface area (Å²) in [6.07, 6.45) is 0. The first-order chi connectivity index (χ1) is 3.18. The van der Waals surface area contributed by atoms with E-state index in [0.717, 1.165) is 0 Å². The van der Waals surface area contributed by atoms with Crippen molar-refractivity contribution in [2.45, 2.75) is 25.6 Å². The molecule has 0 saturated heterocycles. The van der Waals surface area contributed by atoms with Crippen LogP contribution in [0, 0.1) is 11.3 Å². The molecule has 0 aromatic rings. The Labute approximate surface area is 46.6 Å². The summed E-state index contributed by atoms with van der Waals surface area (Å²) in [4.78, 5) is 0. The van der Waals surface area contributed by atoms with Gasteiger partial charge < -0.3 is 0 Å². The molecule has 1 atom stereocenters. The maximum Gasteiger partial charge on any atom is 0.0617 e. The van der Waals surface area contributed by atoms with Gasteiger partial charge in [-0.2, -0.15) is 5.26 Å². The Morgan fingerprint density at radius 2 is 2.00 bits per heavy atom. The van der Waals surface area contributed by atoms with Crippen LogP contribution in [-0.2, 0) is 0 Å². The molecule has 0 aliphatic carbocycles. The first-order valence-corrected chi connectivity index (χ1v) is 5.55. The zero-order valence-electron chi connectivity index (χ0n) is 5.10. The minimum Gasteiger partial charge on any atom is -0.198 e. The molecule has 0 aliphatic rings. The van der Waals surface area contributed by atoms with E-state index in [1.807, 2.05) is 6.92 Å². The highest BCUT2D eigenvalue weighted by Gasteiger charge is 2.03. The quantitative estimate of drug-likeness (QED) is 0.471. The van der Waals surface area contributed by atoms with E-state index >= 15 is 0 Å². The van der Waals surface area contributed by atoms with Crippen LogP contribution < -0.4 is 0 Å². The summed E-state index contributed by atoms with van der Waals surface area (Å²) < 4.78 is 0. The highest BCUT2D eigenvalue weighted by Crippen LogP contribution is 2.04. The van der Waals surface area contributed by atoms with Crippen molar-refractivity contribution in [2.75, 3.05) is 0 Å². The van der Waals surface area contributed by atoms with Gasteiger partial charge in [0.1, 0.15) is 0 Å². The molecule has 0 aromatic heterocycles. The monoisotopic (exact) mass is 113 g/mol. The molecule has 0 amide bonds. The number of hydrogen-bond donors (Lipinski definition) is 0. The average Bonchev–Trinajstić information content (AvgIpc) is 1.65. The molecule has 7 heavy (non-hydrogen) atoms. The molecule has 0 heterocycles. The Bertz CT molecular complexity index is 82.6. The molecule has 0 rings (SSSR count). The summed E-state index contributed by atoms with van der Waals surface area (Å²) in [5.74, 6) is 0. The molecule has 1 nitrogen and oxygen atoms in total. The van der Waals surface area contributed by atoms with Crippen LogP contribution in [0.15, 0.2) is 0 Å². The summed E-state index contributed by atoms with van der Waals surface area (Å²) >= 11 is 0. The lowest BCUT2D eigenvalue weighted by Gasteiger charge is -2.00. The Kier molecular flexibility index (Phi) is 2.69. The zero-order chi connectivity index (χ0) is 5.86. The first kappa shape index (κ1) is 6.71. The van der Waals surface area contributed by atoms with Gasteiger partial charge in [0.05, 0.1) is 14.9 Å². The van der Waals surface area contributed by atoms with E-state index in [1.165, 1.54) is 0 Å². The molecule has 0 fully saturated rings. The maximum atomic E-state index is 8.29. The fraction of sp³-hybridized carbons (Fsp3) is 0.800. The number of rotatable bonds is 1. The number of nitriles is 1. The van der Waals surface area contributed by atoms with Crippen LogP contribution in [0.3, 0.4) is 0 Å². The van der Waals surface area contributed by atoms with Crippen LogP contribution in [0.2, 0.25) is 18.6 Å². The molecule has 0 aliphatic heterocycles. The second-order valence-electron chi connectivity index (χ2n) is 2.16. The molecule has 0 radical (unpaired) electrons. The van der Waals surface area contributed by atoms with Crippen LogP contribution in [0.1, 0.15) is 6.92 Å². The molecule has 0 spiro atoms. The van der Waals surface area contributed by atoms with Gasteiger partial charge in [0, 0.05) is 5.54 Å². The van der Waals surface area contributed by atoms with Crippen LogP contribution in [0.5, 0.6) is 0 Å². The van der Waals surface area contributed by atoms with Crippen molar-refractivity contribution >= 4 is 8.80 Å². The molecular formula is C5H11NSi. The Morgan fingerprint density at radius 1 is 1.57 bits per heavy atom. The Morgan fingerprint density at radius 3 is 2.00 bits per heavy atom. The highest BCUT2D eigenvalue weighted by molar-refractivity contribution is 6.58. The summed E-state index contributed by atoms with van der Waals surface area (Å²) in [5.41, 5.74) is 0.347. The lowest BCUT2D eigenvalue weighted by molar-refractivity contribution is 1.17. The zero-order valence-corrected chi connectivity index (χ0v) is 6.26. The summed E-state index contributed by atoms with van der Waals surface area (Å²) in [6.45, 7) is 6.37. The fourth-order valence-corrected chi connectivity index (χ4v) is 0.447. The van der Waals surface area contributed by atoms with Gasteiger partial charge in [0.2, 0.25) is 0 Å². The van der Waals surface area contributed by atoms with E-state index in [9.17, 15) is 0 Å². The van der Waals surface area contributed by atoms with E-state index in [1.54, 1.807) is 0 Å². The minimum atomic E-state index is -0.626. The van der Waals surface area contributed by atoms with Crippen LogP contribution >= 0.6 is 0 Å². The predicted molar refractivity (Wildman–Crippen MR) is 33.9 cm³/mol. The fourth-order valence-electron chi connectivity index (χ4n) is 0.149. The van der Waals surface area contributed by atoms with E-state index in [0.29, 0.717) is 5.54 Å². The summed E-state index contributed by atoms with van der Waals surface area (Å²) in [7, 11) is -0.626. The van der Waals surface area contributed by atoms with Gasteiger partial charge in [-0.05, 0) is 0 Å². The highest BCUT2D eigenvalue weighted by atomic mass is 28.3. The van der Waals surface area contributed by atoms with Crippen LogP contribution in [-0.4, -0.2) is 8.80 Å². The third kappa shape index (κ3) is 2.41. The van der Waals surface area contributed by atoms with Gasteiger partial charge in [-0.1, -0.05) is 20.0 Å². The Balaban J connectivity index is 3.40. The lowest BCUT2D eigenvalue weighted by atomic mass is 10.5. The van der Waals surface area contributed by atoms with Crippen molar-refractivity contribution in [3.8, 4) is 6.07 Å². The molecule has 0 saturated carbocycles. The van der Waals surface area contributed by atoms with Crippen molar-refractivity contribution < 1.29 is 0 Å². The van der Waals surface area contributed by atoms with E-state index in [4.69, 9.17) is 5.26 Å². The summed E-state index contributed by atoms with van der Waals surface area (Å²) in [5, 5.41) is 8.29.